The fourth-order valence-electron chi connectivity index (χ4n) is 3.25. The highest BCUT2D eigenvalue weighted by Gasteiger charge is 2.40. The lowest BCUT2D eigenvalue weighted by Gasteiger charge is -2.36. The molecule has 76 valence electrons. The smallest absolute Gasteiger partial charge is 0.334 e. The molecule has 2 nitrogen and oxygen atoms in total. The van der Waals surface area contributed by atoms with Crippen molar-refractivity contribution < 1.29 is 9.53 Å². The van der Waals surface area contributed by atoms with Crippen molar-refractivity contribution in [3.05, 3.63) is 11.1 Å². The van der Waals surface area contributed by atoms with Crippen LogP contribution in [0.25, 0.3) is 0 Å². The zero-order chi connectivity index (χ0) is 9.54. The highest BCUT2D eigenvalue weighted by atomic mass is 16.5. The number of esters is 1. The third kappa shape index (κ3) is 1.13. The van der Waals surface area contributed by atoms with Crippen LogP contribution in [0.1, 0.15) is 44.9 Å². The second-order valence-corrected chi connectivity index (χ2v) is 4.69. The standard InChI is InChI=1S/C12H16O2/c13-12-10-6-3-5-8(10)9-4-1-2-7-11(9)14-12/h9,11H,1-7H2/t9-,11-/m1/s1. The summed E-state index contributed by atoms with van der Waals surface area (Å²) < 4.78 is 5.51. The third-order valence-electron chi connectivity index (χ3n) is 3.92. The molecular weight excluding hydrogens is 176 g/mol. The molecule has 1 fully saturated rings. The fraction of sp³-hybridized carbons (Fsp3) is 0.750. The van der Waals surface area contributed by atoms with Gasteiger partial charge in [0.05, 0.1) is 0 Å². The number of fused-ring (bicyclic) bond motifs is 2. The predicted molar refractivity (Wildman–Crippen MR) is 52.7 cm³/mol. The van der Waals surface area contributed by atoms with Crippen molar-refractivity contribution in [3.8, 4) is 0 Å². The second kappa shape index (κ2) is 3.11. The SMILES string of the molecule is O=C1O[C@@H]2CCCC[C@@H]2C2=C1CCC2. The van der Waals surface area contributed by atoms with Crippen LogP contribution >= 0.6 is 0 Å². The molecule has 1 heterocycles. The van der Waals surface area contributed by atoms with E-state index >= 15 is 0 Å². The van der Waals surface area contributed by atoms with Gasteiger partial charge in [-0.15, -0.1) is 0 Å². The molecule has 0 N–H and O–H groups in total. The number of rotatable bonds is 0. The van der Waals surface area contributed by atoms with Crippen molar-refractivity contribution in [2.45, 2.75) is 51.0 Å². The van der Waals surface area contributed by atoms with E-state index in [1.54, 1.807) is 0 Å². The maximum Gasteiger partial charge on any atom is 0.334 e. The molecular formula is C12H16O2. The van der Waals surface area contributed by atoms with Crippen LogP contribution in [0.2, 0.25) is 0 Å². The normalized spacial score (nSPS) is 36.4. The number of ether oxygens (including phenoxy) is 1. The lowest BCUT2D eigenvalue weighted by Crippen LogP contribution is -2.36. The Morgan fingerprint density at radius 2 is 1.93 bits per heavy atom. The minimum atomic E-state index is 0.000602. The van der Waals surface area contributed by atoms with Gasteiger partial charge in [-0.2, -0.15) is 0 Å². The summed E-state index contributed by atoms with van der Waals surface area (Å²) in [5.41, 5.74) is 2.50. The molecule has 0 spiro atoms. The summed E-state index contributed by atoms with van der Waals surface area (Å²) in [7, 11) is 0. The van der Waals surface area contributed by atoms with Crippen LogP contribution in [0, 0.1) is 5.92 Å². The zero-order valence-electron chi connectivity index (χ0n) is 8.42. The molecule has 14 heavy (non-hydrogen) atoms. The number of carbonyl (C=O) groups is 1. The van der Waals surface area contributed by atoms with Crippen LogP contribution in [0.5, 0.6) is 0 Å². The predicted octanol–water partition coefficient (Wildman–Crippen LogP) is 2.58. The molecule has 0 radical (unpaired) electrons. The topological polar surface area (TPSA) is 26.3 Å². The van der Waals surface area contributed by atoms with Gasteiger partial charge in [0.1, 0.15) is 6.10 Å². The van der Waals surface area contributed by atoms with E-state index < -0.39 is 0 Å². The van der Waals surface area contributed by atoms with E-state index in [-0.39, 0.29) is 12.1 Å². The summed E-state index contributed by atoms with van der Waals surface area (Å²) in [5, 5.41) is 0. The van der Waals surface area contributed by atoms with Crippen LogP contribution in [-0.4, -0.2) is 12.1 Å². The van der Waals surface area contributed by atoms with Gasteiger partial charge in [-0.3, -0.25) is 0 Å². The van der Waals surface area contributed by atoms with Gasteiger partial charge in [0, 0.05) is 11.5 Å². The Balaban J connectivity index is 1.96. The summed E-state index contributed by atoms with van der Waals surface area (Å²) in [6.07, 6.45) is 8.41. The van der Waals surface area contributed by atoms with Crippen LogP contribution < -0.4 is 0 Å². The molecule has 1 saturated carbocycles. The lowest BCUT2D eigenvalue weighted by molar-refractivity contribution is -0.150. The molecule has 0 aromatic carbocycles. The van der Waals surface area contributed by atoms with Gasteiger partial charge in [0.15, 0.2) is 0 Å². The molecule has 0 bridgehead atoms. The number of hydrogen-bond acceptors (Lipinski definition) is 2. The van der Waals surface area contributed by atoms with Crippen LogP contribution in [-0.2, 0) is 9.53 Å². The molecule has 3 aliphatic rings. The molecule has 1 aliphatic heterocycles. The van der Waals surface area contributed by atoms with Crippen molar-refractivity contribution in [3.63, 3.8) is 0 Å². The summed E-state index contributed by atoms with van der Waals surface area (Å²) in [6.45, 7) is 0. The second-order valence-electron chi connectivity index (χ2n) is 4.69. The summed E-state index contributed by atoms with van der Waals surface area (Å²) >= 11 is 0. The van der Waals surface area contributed by atoms with Gasteiger partial charge < -0.3 is 4.74 Å². The van der Waals surface area contributed by atoms with Gasteiger partial charge in [0.25, 0.3) is 0 Å². The van der Waals surface area contributed by atoms with E-state index in [1.807, 2.05) is 0 Å². The minimum Gasteiger partial charge on any atom is -0.458 e. The van der Waals surface area contributed by atoms with Gasteiger partial charge in [-0.25, -0.2) is 4.79 Å². The van der Waals surface area contributed by atoms with Crippen molar-refractivity contribution in [2.75, 3.05) is 0 Å². The Bertz CT molecular complexity index is 303. The molecule has 0 unspecified atom stereocenters. The minimum absolute atomic E-state index is 0.000602. The van der Waals surface area contributed by atoms with Gasteiger partial charge in [-0.05, 0) is 38.5 Å². The molecule has 3 rings (SSSR count). The first-order chi connectivity index (χ1) is 6.86. The number of carbonyl (C=O) groups excluding carboxylic acids is 1. The summed E-state index contributed by atoms with van der Waals surface area (Å²) in [6, 6.07) is 0. The first-order valence-electron chi connectivity index (χ1n) is 5.79. The van der Waals surface area contributed by atoms with Gasteiger partial charge in [0.2, 0.25) is 0 Å². The monoisotopic (exact) mass is 192 g/mol. The highest BCUT2D eigenvalue weighted by molar-refractivity contribution is 5.91. The Kier molecular flexibility index (Phi) is 1.89. The first kappa shape index (κ1) is 8.51. The fourth-order valence-corrected chi connectivity index (χ4v) is 3.25. The summed E-state index contributed by atoms with van der Waals surface area (Å²) in [5.74, 6) is 0.597. The molecule has 2 atom stereocenters. The zero-order valence-corrected chi connectivity index (χ0v) is 8.42. The molecule has 0 saturated heterocycles. The molecule has 2 aliphatic carbocycles. The van der Waals surface area contributed by atoms with E-state index in [4.69, 9.17) is 4.74 Å². The van der Waals surface area contributed by atoms with Crippen LogP contribution in [0.4, 0.5) is 0 Å². The van der Waals surface area contributed by atoms with Gasteiger partial charge in [-0.1, -0.05) is 12.0 Å². The van der Waals surface area contributed by atoms with E-state index in [1.165, 1.54) is 31.3 Å². The Hall–Kier alpha value is -0.790. The van der Waals surface area contributed by atoms with Crippen LogP contribution in [0.15, 0.2) is 11.1 Å². The molecule has 2 heteroatoms. The van der Waals surface area contributed by atoms with Crippen LogP contribution in [0.3, 0.4) is 0 Å². The van der Waals surface area contributed by atoms with Crippen molar-refractivity contribution in [1.82, 2.24) is 0 Å². The van der Waals surface area contributed by atoms with E-state index in [0.717, 1.165) is 24.8 Å². The largest absolute Gasteiger partial charge is 0.458 e. The maximum atomic E-state index is 11.7. The average Bonchev–Trinajstić information content (AvgIpc) is 2.67. The number of hydrogen-bond donors (Lipinski definition) is 0. The van der Waals surface area contributed by atoms with E-state index in [0.29, 0.717) is 5.92 Å². The summed E-state index contributed by atoms with van der Waals surface area (Å²) in [4.78, 5) is 11.7. The van der Waals surface area contributed by atoms with Crippen molar-refractivity contribution in [2.24, 2.45) is 5.92 Å². The third-order valence-corrected chi connectivity index (χ3v) is 3.92. The quantitative estimate of drug-likeness (QED) is 0.551. The Labute approximate surface area is 84.3 Å². The molecule has 0 aromatic rings. The maximum absolute atomic E-state index is 11.7. The van der Waals surface area contributed by atoms with E-state index in [9.17, 15) is 4.79 Å². The molecule has 0 amide bonds. The van der Waals surface area contributed by atoms with Gasteiger partial charge >= 0.3 is 5.97 Å². The lowest BCUT2D eigenvalue weighted by atomic mass is 9.78. The Morgan fingerprint density at radius 1 is 1.07 bits per heavy atom. The van der Waals surface area contributed by atoms with Crippen molar-refractivity contribution >= 4 is 5.97 Å². The molecule has 0 aromatic heterocycles. The highest BCUT2D eigenvalue weighted by Crippen LogP contribution is 2.44. The van der Waals surface area contributed by atoms with Crippen molar-refractivity contribution in [1.29, 1.82) is 0 Å². The first-order valence-corrected chi connectivity index (χ1v) is 5.79. The van der Waals surface area contributed by atoms with E-state index in [2.05, 4.69) is 0 Å². The Morgan fingerprint density at radius 3 is 2.86 bits per heavy atom. The average molecular weight is 192 g/mol.